The third kappa shape index (κ3) is 4.26. The highest BCUT2D eigenvalue weighted by Gasteiger charge is 2.12. The van der Waals surface area contributed by atoms with Gasteiger partial charge in [0.05, 0.1) is 11.3 Å². The Labute approximate surface area is 158 Å². The summed E-state index contributed by atoms with van der Waals surface area (Å²) >= 11 is 3.37. The molecule has 8 heteroatoms. The van der Waals surface area contributed by atoms with Gasteiger partial charge in [0.15, 0.2) is 5.82 Å². The molecule has 0 fully saturated rings. The van der Waals surface area contributed by atoms with Crippen LogP contribution in [0.25, 0.3) is 11.5 Å². The highest BCUT2D eigenvalue weighted by Crippen LogP contribution is 2.21. The average molecular weight is 417 g/mol. The minimum atomic E-state index is -0.312. The number of rotatable bonds is 6. The number of nitrogens with zero attached hydrogens (tertiary/aromatic N) is 3. The van der Waals surface area contributed by atoms with Crippen molar-refractivity contribution in [2.75, 3.05) is 5.32 Å². The van der Waals surface area contributed by atoms with Crippen molar-refractivity contribution >= 4 is 27.5 Å². The third-order valence-electron chi connectivity index (χ3n) is 3.63. The van der Waals surface area contributed by atoms with Gasteiger partial charge in [-0.05, 0) is 40.5 Å². The molecular weight excluding hydrogens is 400 g/mol. The van der Waals surface area contributed by atoms with Crippen molar-refractivity contribution < 1.29 is 9.32 Å². The standard InChI is InChI=1S/C18H17BrN4O3/c1-2-5-15-21-18(26-22-15)12-8-9-17(25)23(10-12)11-16(24)20-14-7-4-3-6-13(14)19/h3-4,6-10H,2,5,11H2,1H3,(H,20,24). The second-order valence-electron chi connectivity index (χ2n) is 5.68. The second-order valence-corrected chi connectivity index (χ2v) is 6.53. The maximum atomic E-state index is 12.3. The zero-order chi connectivity index (χ0) is 18.5. The van der Waals surface area contributed by atoms with Crippen LogP contribution in [0.2, 0.25) is 0 Å². The average Bonchev–Trinajstić information content (AvgIpc) is 3.08. The van der Waals surface area contributed by atoms with Crippen molar-refractivity contribution in [3.8, 4) is 11.5 Å². The van der Waals surface area contributed by atoms with E-state index in [2.05, 4.69) is 31.4 Å². The minimum absolute atomic E-state index is 0.121. The summed E-state index contributed by atoms with van der Waals surface area (Å²) in [7, 11) is 0. The van der Waals surface area contributed by atoms with Gasteiger partial charge in [-0.25, -0.2) is 0 Å². The Balaban J connectivity index is 1.78. The van der Waals surface area contributed by atoms with Crippen LogP contribution in [0.3, 0.4) is 0 Å². The Bertz CT molecular complexity index is 980. The van der Waals surface area contributed by atoms with Crippen LogP contribution in [0.1, 0.15) is 19.2 Å². The summed E-state index contributed by atoms with van der Waals surface area (Å²) in [5.41, 5.74) is 0.945. The van der Waals surface area contributed by atoms with Gasteiger partial charge in [-0.3, -0.25) is 9.59 Å². The lowest BCUT2D eigenvalue weighted by Gasteiger charge is -2.09. The van der Waals surface area contributed by atoms with Crippen molar-refractivity contribution in [3.05, 3.63) is 63.2 Å². The fraction of sp³-hybridized carbons (Fsp3) is 0.222. The second kappa shape index (κ2) is 8.09. The number of para-hydroxylation sites is 1. The molecule has 7 nitrogen and oxygen atoms in total. The van der Waals surface area contributed by atoms with Crippen molar-refractivity contribution in [1.82, 2.24) is 14.7 Å². The number of carbonyl (C=O) groups excluding carboxylic acids is 1. The number of benzene rings is 1. The van der Waals surface area contributed by atoms with Gasteiger partial charge < -0.3 is 14.4 Å². The first-order valence-corrected chi connectivity index (χ1v) is 8.94. The van der Waals surface area contributed by atoms with Gasteiger partial charge in [-0.15, -0.1) is 0 Å². The number of aryl methyl sites for hydroxylation is 1. The van der Waals surface area contributed by atoms with Crippen LogP contribution in [0.15, 0.2) is 56.4 Å². The van der Waals surface area contributed by atoms with Gasteiger partial charge in [0.1, 0.15) is 6.54 Å². The molecule has 26 heavy (non-hydrogen) atoms. The number of nitrogens with one attached hydrogen (secondary N) is 1. The fourth-order valence-corrected chi connectivity index (χ4v) is 2.77. The molecule has 3 aromatic rings. The molecule has 0 aliphatic heterocycles. The van der Waals surface area contributed by atoms with Crippen LogP contribution in [-0.2, 0) is 17.8 Å². The van der Waals surface area contributed by atoms with Gasteiger partial charge in [-0.2, -0.15) is 4.98 Å². The summed E-state index contributed by atoms with van der Waals surface area (Å²) in [6.07, 6.45) is 3.18. The van der Waals surface area contributed by atoms with E-state index in [1.165, 1.54) is 10.6 Å². The molecular formula is C18H17BrN4O3. The van der Waals surface area contributed by atoms with Crippen molar-refractivity contribution in [2.45, 2.75) is 26.3 Å². The Morgan fingerprint density at radius 1 is 1.27 bits per heavy atom. The minimum Gasteiger partial charge on any atom is -0.334 e. The van der Waals surface area contributed by atoms with E-state index < -0.39 is 0 Å². The number of amides is 1. The largest absolute Gasteiger partial charge is 0.334 e. The molecule has 0 bridgehead atoms. The number of hydrogen-bond donors (Lipinski definition) is 1. The number of pyridine rings is 1. The highest BCUT2D eigenvalue weighted by molar-refractivity contribution is 9.10. The predicted molar refractivity (Wildman–Crippen MR) is 101 cm³/mol. The summed E-state index contributed by atoms with van der Waals surface area (Å²) in [5.74, 6) is 0.633. The summed E-state index contributed by atoms with van der Waals surface area (Å²) in [6.45, 7) is 1.91. The molecule has 1 aromatic carbocycles. The number of halogens is 1. The van der Waals surface area contributed by atoms with Crippen LogP contribution in [0, 0.1) is 0 Å². The maximum absolute atomic E-state index is 12.3. The Morgan fingerprint density at radius 2 is 2.08 bits per heavy atom. The Morgan fingerprint density at radius 3 is 2.85 bits per heavy atom. The Kier molecular flexibility index (Phi) is 5.62. The summed E-state index contributed by atoms with van der Waals surface area (Å²) in [4.78, 5) is 28.7. The number of anilines is 1. The van der Waals surface area contributed by atoms with Crippen LogP contribution < -0.4 is 10.9 Å². The first-order valence-electron chi connectivity index (χ1n) is 8.14. The predicted octanol–water partition coefficient (Wildman–Crippen LogP) is 3.25. The van der Waals surface area contributed by atoms with Gasteiger partial charge >= 0.3 is 0 Å². The highest BCUT2D eigenvalue weighted by atomic mass is 79.9. The smallest absolute Gasteiger partial charge is 0.259 e. The normalized spacial score (nSPS) is 10.7. The quantitative estimate of drug-likeness (QED) is 0.665. The lowest BCUT2D eigenvalue weighted by atomic mass is 10.2. The first-order chi connectivity index (χ1) is 12.6. The molecule has 0 spiro atoms. The van der Waals surface area contributed by atoms with E-state index in [0.29, 0.717) is 23.0 Å². The SMILES string of the molecule is CCCc1noc(-c2ccc(=O)n(CC(=O)Nc3ccccc3Br)c2)n1. The molecule has 1 N–H and O–H groups in total. The lowest BCUT2D eigenvalue weighted by Crippen LogP contribution is -2.26. The molecule has 2 aromatic heterocycles. The van der Waals surface area contributed by atoms with Crippen LogP contribution in [0.5, 0.6) is 0 Å². The molecule has 0 radical (unpaired) electrons. The molecule has 2 heterocycles. The molecule has 0 unspecified atom stereocenters. The molecule has 0 saturated heterocycles. The molecule has 0 saturated carbocycles. The lowest BCUT2D eigenvalue weighted by molar-refractivity contribution is -0.116. The van der Waals surface area contributed by atoms with Crippen molar-refractivity contribution in [2.24, 2.45) is 0 Å². The van der Waals surface area contributed by atoms with Crippen molar-refractivity contribution in [1.29, 1.82) is 0 Å². The summed E-state index contributed by atoms with van der Waals surface area (Å²) in [5, 5.41) is 6.67. The first kappa shape index (κ1) is 18.1. The topological polar surface area (TPSA) is 90.0 Å². The van der Waals surface area contributed by atoms with E-state index in [-0.39, 0.29) is 18.0 Å². The fourth-order valence-electron chi connectivity index (χ4n) is 2.38. The van der Waals surface area contributed by atoms with Gasteiger partial charge in [-0.1, -0.05) is 24.2 Å². The van der Waals surface area contributed by atoms with Crippen molar-refractivity contribution in [3.63, 3.8) is 0 Å². The summed E-state index contributed by atoms with van der Waals surface area (Å²) in [6, 6.07) is 10.3. The zero-order valence-electron chi connectivity index (χ0n) is 14.1. The van der Waals surface area contributed by atoms with Gasteiger partial charge in [0.25, 0.3) is 11.4 Å². The van der Waals surface area contributed by atoms with Crippen LogP contribution in [-0.4, -0.2) is 20.6 Å². The van der Waals surface area contributed by atoms with Gasteiger partial charge in [0, 0.05) is 23.2 Å². The van der Waals surface area contributed by atoms with E-state index in [9.17, 15) is 9.59 Å². The monoisotopic (exact) mass is 416 g/mol. The third-order valence-corrected chi connectivity index (χ3v) is 4.33. The molecule has 1 amide bonds. The zero-order valence-corrected chi connectivity index (χ0v) is 15.7. The number of aromatic nitrogens is 3. The van der Waals surface area contributed by atoms with Crippen LogP contribution >= 0.6 is 15.9 Å². The maximum Gasteiger partial charge on any atom is 0.259 e. The number of carbonyl (C=O) groups is 1. The summed E-state index contributed by atoms with van der Waals surface area (Å²) < 4.78 is 7.31. The van der Waals surface area contributed by atoms with E-state index in [1.807, 2.05) is 25.1 Å². The molecule has 0 atom stereocenters. The van der Waals surface area contributed by atoms with Crippen LogP contribution in [0.4, 0.5) is 5.69 Å². The van der Waals surface area contributed by atoms with Gasteiger partial charge in [0.2, 0.25) is 5.91 Å². The number of hydrogen-bond acceptors (Lipinski definition) is 5. The molecule has 134 valence electrons. The molecule has 0 aliphatic carbocycles. The molecule has 3 rings (SSSR count). The molecule has 0 aliphatic rings. The van der Waals surface area contributed by atoms with E-state index in [4.69, 9.17) is 4.52 Å². The van der Waals surface area contributed by atoms with E-state index >= 15 is 0 Å². The Hall–Kier alpha value is -2.74. The van der Waals surface area contributed by atoms with E-state index in [0.717, 1.165) is 17.3 Å². The van der Waals surface area contributed by atoms with E-state index in [1.54, 1.807) is 18.3 Å².